The highest BCUT2D eigenvalue weighted by Gasteiger charge is 2.48. The van der Waals surface area contributed by atoms with Gasteiger partial charge in [-0.15, -0.1) is 0 Å². The summed E-state index contributed by atoms with van der Waals surface area (Å²) < 4.78 is 5.73. The number of nitrogens with zero attached hydrogens (tertiary/aromatic N) is 3. The highest BCUT2D eigenvalue weighted by atomic mass is 16.5. The molecular weight excluding hydrogens is 318 g/mol. The van der Waals surface area contributed by atoms with Crippen molar-refractivity contribution >= 4 is 11.8 Å². The Labute approximate surface area is 149 Å². The number of aryl methyl sites for hydroxylation is 2. The number of carbonyl (C=O) groups is 2. The van der Waals surface area contributed by atoms with E-state index in [2.05, 4.69) is 4.98 Å². The van der Waals surface area contributed by atoms with Crippen molar-refractivity contribution in [2.45, 2.75) is 39.5 Å². The SMILES string of the molecule is CCc1nc(C)ccc1OCC(=O)N1CCC2(CCCN(C)C2=O)C1. The van der Waals surface area contributed by atoms with Gasteiger partial charge in [-0.1, -0.05) is 6.92 Å². The number of rotatable bonds is 4. The van der Waals surface area contributed by atoms with E-state index in [-0.39, 0.29) is 23.8 Å². The lowest BCUT2D eigenvalue weighted by Gasteiger charge is -2.37. The van der Waals surface area contributed by atoms with E-state index in [1.807, 2.05) is 33.0 Å². The molecule has 2 fully saturated rings. The van der Waals surface area contributed by atoms with Crippen LogP contribution in [0, 0.1) is 12.3 Å². The molecular formula is C19H27N3O3. The quantitative estimate of drug-likeness (QED) is 0.835. The maximum atomic E-state index is 12.6. The molecule has 0 aromatic carbocycles. The minimum Gasteiger partial charge on any atom is -0.482 e. The molecule has 3 heterocycles. The Hall–Kier alpha value is -2.11. The monoisotopic (exact) mass is 345 g/mol. The number of amides is 2. The molecule has 0 saturated carbocycles. The number of ether oxygens (including phenoxy) is 1. The summed E-state index contributed by atoms with van der Waals surface area (Å²) in [6.45, 7) is 5.93. The Morgan fingerprint density at radius 1 is 1.32 bits per heavy atom. The zero-order chi connectivity index (χ0) is 18.0. The number of hydrogen-bond donors (Lipinski definition) is 0. The van der Waals surface area contributed by atoms with E-state index in [0.29, 0.717) is 18.8 Å². The normalized spacial score (nSPS) is 23.4. The topological polar surface area (TPSA) is 62.7 Å². The molecule has 2 saturated heterocycles. The molecule has 1 aromatic heterocycles. The van der Waals surface area contributed by atoms with Crippen LogP contribution < -0.4 is 4.74 Å². The number of hydrogen-bond acceptors (Lipinski definition) is 4. The Balaban J connectivity index is 1.61. The van der Waals surface area contributed by atoms with Gasteiger partial charge in [-0.3, -0.25) is 14.6 Å². The van der Waals surface area contributed by atoms with Crippen molar-refractivity contribution in [1.82, 2.24) is 14.8 Å². The number of carbonyl (C=O) groups excluding carboxylic acids is 2. The first kappa shape index (κ1) is 17.7. The molecule has 0 aliphatic carbocycles. The van der Waals surface area contributed by atoms with Crippen LogP contribution in [0.1, 0.15) is 37.6 Å². The van der Waals surface area contributed by atoms with E-state index < -0.39 is 0 Å². The van der Waals surface area contributed by atoms with Crippen molar-refractivity contribution in [2.24, 2.45) is 5.41 Å². The van der Waals surface area contributed by atoms with Gasteiger partial charge < -0.3 is 14.5 Å². The highest BCUT2D eigenvalue weighted by molar-refractivity contribution is 5.86. The molecule has 0 N–H and O–H groups in total. The second kappa shape index (κ2) is 7.02. The van der Waals surface area contributed by atoms with E-state index in [0.717, 1.165) is 43.6 Å². The van der Waals surface area contributed by atoms with Crippen LogP contribution in [0.5, 0.6) is 5.75 Å². The number of pyridine rings is 1. The second-order valence-corrected chi connectivity index (χ2v) is 7.22. The summed E-state index contributed by atoms with van der Waals surface area (Å²) in [5, 5.41) is 0. The summed E-state index contributed by atoms with van der Waals surface area (Å²) in [7, 11) is 1.85. The summed E-state index contributed by atoms with van der Waals surface area (Å²) in [6.07, 6.45) is 3.41. The lowest BCUT2D eigenvalue weighted by atomic mass is 9.78. The summed E-state index contributed by atoms with van der Waals surface area (Å²) in [6, 6.07) is 3.76. The van der Waals surface area contributed by atoms with Crippen LogP contribution in [0.25, 0.3) is 0 Å². The van der Waals surface area contributed by atoms with Crippen LogP contribution in [0.2, 0.25) is 0 Å². The van der Waals surface area contributed by atoms with Gasteiger partial charge in [0.2, 0.25) is 5.91 Å². The van der Waals surface area contributed by atoms with Crippen molar-refractivity contribution in [3.05, 3.63) is 23.5 Å². The van der Waals surface area contributed by atoms with Crippen LogP contribution >= 0.6 is 0 Å². The maximum Gasteiger partial charge on any atom is 0.260 e. The van der Waals surface area contributed by atoms with Gasteiger partial charge >= 0.3 is 0 Å². The first-order chi connectivity index (χ1) is 11.9. The largest absolute Gasteiger partial charge is 0.482 e. The number of piperidine rings is 1. The van der Waals surface area contributed by atoms with E-state index in [1.54, 1.807) is 9.80 Å². The van der Waals surface area contributed by atoms with E-state index >= 15 is 0 Å². The van der Waals surface area contributed by atoms with Crippen LogP contribution in [0.15, 0.2) is 12.1 Å². The fourth-order valence-electron chi connectivity index (χ4n) is 3.95. The third kappa shape index (κ3) is 3.48. The first-order valence-corrected chi connectivity index (χ1v) is 9.08. The molecule has 2 aliphatic heterocycles. The molecule has 0 bridgehead atoms. The minimum absolute atomic E-state index is 0.00213. The van der Waals surface area contributed by atoms with Crippen LogP contribution in [0.3, 0.4) is 0 Å². The van der Waals surface area contributed by atoms with Crippen LogP contribution in [0.4, 0.5) is 0 Å². The van der Waals surface area contributed by atoms with Gasteiger partial charge in [0.25, 0.3) is 5.91 Å². The summed E-state index contributed by atoms with van der Waals surface area (Å²) in [5.74, 6) is 0.801. The smallest absolute Gasteiger partial charge is 0.260 e. The average Bonchev–Trinajstić information content (AvgIpc) is 3.03. The van der Waals surface area contributed by atoms with Gasteiger partial charge in [0.15, 0.2) is 6.61 Å². The standard InChI is InChI=1S/C19H27N3O3/c1-4-15-16(7-6-14(2)20-15)25-12-17(23)22-11-9-19(13-22)8-5-10-21(3)18(19)24/h6-7H,4-5,8-13H2,1-3H3. The summed E-state index contributed by atoms with van der Waals surface area (Å²) >= 11 is 0. The molecule has 2 amide bonds. The predicted molar refractivity (Wildman–Crippen MR) is 94.3 cm³/mol. The Bertz CT molecular complexity index is 676. The fourth-order valence-corrected chi connectivity index (χ4v) is 3.95. The Morgan fingerprint density at radius 2 is 2.12 bits per heavy atom. The Kier molecular flexibility index (Phi) is 4.97. The van der Waals surface area contributed by atoms with Crippen molar-refractivity contribution in [3.63, 3.8) is 0 Å². The van der Waals surface area contributed by atoms with E-state index in [1.165, 1.54) is 0 Å². The fraction of sp³-hybridized carbons (Fsp3) is 0.632. The molecule has 3 rings (SSSR count). The van der Waals surface area contributed by atoms with Gasteiger partial charge in [0.05, 0.1) is 11.1 Å². The molecule has 136 valence electrons. The summed E-state index contributed by atoms with van der Waals surface area (Å²) in [4.78, 5) is 33.2. The average molecular weight is 345 g/mol. The molecule has 0 radical (unpaired) electrons. The van der Waals surface area contributed by atoms with Gasteiger partial charge in [0, 0.05) is 32.4 Å². The lowest BCUT2D eigenvalue weighted by molar-refractivity contribution is -0.144. The Morgan fingerprint density at radius 3 is 2.88 bits per heavy atom. The third-order valence-corrected chi connectivity index (χ3v) is 5.41. The molecule has 6 heteroatoms. The molecule has 2 aliphatic rings. The maximum absolute atomic E-state index is 12.6. The van der Waals surface area contributed by atoms with Gasteiger partial charge in [-0.2, -0.15) is 0 Å². The highest BCUT2D eigenvalue weighted by Crippen LogP contribution is 2.39. The van der Waals surface area contributed by atoms with Crippen molar-refractivity contribution in [1.29, 1.82) is 0 Å². The van der Waals surface area contributed by atoms with Crippen molar-refractivity contribution in [2.75, 3.05) is 33.3 Å². The lowest BCUT2D eigenvalue weighted by Crippen LogP contribution is -2.49. The third-order valence-electron chi connectivity index (χ3n) is 5.41. The predicted octanol–water partition coefficient (Wildman–Crippen LogP) is 1.80. The van der Waals surface area contributed by atoms with Gasteiger partial charge in [0.1, 0.15) is 5.75 Å². The molecule has 1 spiro atoms. The van der Waals surface area contributed by atoms with E-state index in [9.17, 15) is 9.59 Å². The van der Waals surface area contributed by atoms with Gasteiger partial charge in [-0.05, 0) is 44.7 Å². The van der Waals surface area contributed by atoms with E-state index in [4.69, 9.17) is 4.74 Å². The van der Waals surface area contributed by atoms with Crippen molar-refractivity contribution < 1.29 is 14.3 Å². The molecule has 25 heavy (non-hydrogen) atoms. The van der Waals surface area contributed by atoms with Gasteiger partial charge in [-0.25, -0.2) is 0 Å². The van der Waals surface area contributed by atoms with Crippen molar-refractivity contribution in [3.8, 4) is 5.75 Å². The molecule has 1 aromatic rings. The minimum atomic E-state index is -0.372. The first-order valence-electron chi connectivity index (χ1n) is 9.08. The molecule has 1 atom stereocenters. The molecule has 1 unspecified atom stereocenters. The number of likely N-dealkylation sites (tertiary alicyclic amines) is 2. The van der Waals surface area contributed by atoms with Crippen LogP contribution in [-0.2, 0) is 16.0 Å². The second-order valence-electron chi connectivity index (χ2n) is 7.22. The summed E-state index contributed by atoms with van der Waals surface area (Å²) in [5.41, 5.74) is 1.44. The zero-order valence-corrected chi connectivity index (χ0v) is 15.4. The zero-order valence-electron chi connectivity index (χ0n) is 15.4. The number of aromatic nitrogens is 1. The van der Waals surface area contributed by atoms with Crippen LogP contribution in [-0.4, -0.2) is 59.9 Å². The molecule has 6 nitrogen and oxygen atoms in total.